The van der Waals surface area contributed by atoms with Gasteiger partial charge in [-0.3, -0.25) is 0 Å². The molecule has 0 fully saturated rings. The van der Waals surface area contributed by atoms with Crippen molar-refractivity contribution < 1.29 is 9.47 Å². The van der Waals surface area contributed by atoms with Gasteiger partial charge in [0.25, 0.3) is 0 Å². The SMILES string of the molecule is COc1ccc2nc(Nc3ncnc(Nc4ccc(Oc5ccccc5)cc4)c3N)sc2c1. The summed E-state index contributed by atoms with van der Waals surface area (Å²) in [5.41, 5.74) is 8.41. The summed E-state index contributed by atoms with van der Waals surface area (Å²) in [7, 11) is 1.64. The third-order valence-electron chi connectivity index (χ3n) is 4.80. The fraction of sp³-hybridized carbons (Fsp3) is 0.0417. The molecule has 0 aliphatic rings. The molecule has 4 N–H and O–H groups in total. The zero-order valence-electron chi connectivity index (χ0n) is 17.6. The van der Waals surface area contributed by atoms with Gasteiger partial charge in [-0.1, -0.05) is 29.5 Å². The Hall–Kier alpha value is -4.37. The molecule has 0 unspecified atom stereocenters. The molecule has 0 bridgehead atoms. The number of ether oxygens (including phenoxy) is 2. The highest BCUT2D eigenvalue weighted by Gasteiger charge is 2.12. The molecule has 2 heterocycles. The maximum Gasteiger partial charge on any atom is 0.189 e. The smallest absolute Gasteiger partial charge is 0.189 e. The number of nitrogens with one attached hydrogen (secondary N) is 2. The molecule has 9 heteroatoms. The Morgan fingerprint density at radius 1 is 0.818 bits per heavy atom. The lowest BCUT2D eigenvalue weighted by Gasteiger charge is -2.12. The van der Waals surface area contributed by atoms with Gasteiger partial charge in [0.05, 0.1) is 17.3 Å². The van der Waals surface area contributed by atoms with E-state index in [-0.39, 0.29) is 0 Å². The minimum absolute atomic E-state index is 0.388. The molecule has 0 atom stereocenters. The van der Waals surface area contributed by atoms with E-state index >= 15 is 0 Å². The maximum absolute atomic E-state index is 6.33. The number of nitrogens with two attached hydrogens (primary N) is 1. The molecule has 5 rings (SSSR count). The average molecular weight is 457 g/mol. The van der Waals surface area contributed by atoms with Crippen molar-refractivity contribution in [1.82, 2.24) is 15.0 Å². The second kappa shape index (κ2) is 9.01. The van der Waals surface area contributed by atoms with E-state index in [1.165, 1.54) is 17.7 Å². The Morgan fingerprint density at radius 2 is 1.52 bits per heavy atom. The third kappa shape index (κ3) is 4.63. The van der Waals surface area contributed by atoms with E-state index in [1.54, 1.807) is 7.11 Å². The summed E-state index contributed by atoms with van der Waals surface area (Å²) < 4.78 is 12.1. The number of fused-ring (bicyclic) bond motifs is 1. The number of nitrogens with zero attached hydrogens (tertiary/aromatic N) is 3. The van der Waals surface area contributed by atoms with Crippen LogP contribution in [0.5, 0.6) is 17.2 Å². The standard InChI is InChI=1S/C24H20N6O2S/c1-31-18-11-12-19-20(13-18)33-24(29-19)30-23-21(25)22(26-14-27-23)28-15-7-9-17(10-8-15)32-16-5-3-2-4-6-16/h2-14H,25H2,1H3,(H2,26,27,28,29,30). The second-order valence-corrected chi connectivity index (χ2v) is 8.06. The molecule has 164 valence electrons. The number of anilines is 5. The van der Waals surface area contributed by atoms with Crippen molar-refractivity contribution in [2.45, 2.75) is 0 Å². The number of hydrogen-bond acceptors (Lipinski definition) is 9. The van der Waals surface area contributed by atoms with Gasteiger partial charge in [-0.15, -0.1) is 0 Å². The van der Waals surface area contributed by atoms with Crippen LogP contribution in [-0.2, 0) is 0 Å². The zero-order valence-corrected chi connectivity index (χ0v) is 18.5. The average Bonchev–Trinajstić information content (AvgIpc) is 3.25. The number of methoxy groups -OCH3 is 1. The van der Waals surface area contributed by atoms with Gasteiger partial charge in [-0.25, -0.2) is 15.0 Å². The van der Waals surface area contributed by atoms with Crippen molar-refractivity contribution in [3.63, 3.8) is 0 Å². The minimum atomic E-state index is 0.388. The first-order chi connectivity index (χ1) is 16.2. The second-order valence-electron chi connectivity index (χ2n) is 7.03. The van der Waals surface area contributed by atoms with E-state index < -0.39 is 0 Å². The summed E-state index contributed by atoms with van der Waals surface area (Å²) >= 11 is 1.49. The third-order valence-corrected chi connectivity index (χ3v) is 5.73. The van der Waals surface area contributed by atoms with Crippen molar-refractivity contribution in [1.29, 1.82) is 0 Å². The Bertz CT molecular complexity index is 1390. The van der Waals surface area contributed by atoms with Crippen LogP contribution in [0.1, 0.15) is 0 Å². The van der Waals surface area contributed by atoms with Crippen molar-refractivity contribution in [2.24, 2.45) is 0 Å². The van der Waals surface area contributed by atoms with E-state index in [0.29, 0.717) is 22.5 Å². The van der Waals surface area contributed by atoms with Crippen LogP contribution in [0.2, 0.25) is 0 Å². The van der Waals surface area contributed by atoms with Gasteiger partial charge in [0.2, 0.25) is 0 Å². The Morgan fingerprint density at radius 3 is 2.27 bits per heavy atom. The normalized spacial score (nSPS) is 10.7. The van der Waals surface area contributed by atoms with Crippen LogP contribution in [0, 0.1) is 0 Å². The Labute approximate surface area is 194 Å². The van der Waals surface area contributed by atoms with Gasteiger partial charge in [0.1, 0.15) is 29.3 Å². The van der Waals surface area contributed by atoms with Crippen molar-refractivity contribution in [2.75, 3.05) is 23.5 Å². The number of aromatic nitrogens is 3. The summed E-state index contributed by atoms with van der Waals surface area (Å²) in [6.45, 7) is 0. The van der Waals surface area contributed by atoms with Crippen LogP contribution in [0.3, 0.4) is 0 Å². The van der Waals surface area contributed by atoms with Gasteiger partial charge < -0.3 is 25.8 Å². The lowest BCUT2D eigenvalue weighted by atomic mass is 10.3. The summed E-state index contributed by atoms with van der Waals surface area (Å²) in [6, 6.07) is 22.9. The molecule has 0 amide bonds. The largest absolute Gasteiger partial charge is 0.497 e. The van der Waals surface area contributed by atoms with Gasteiger partial charge >= 0.3 is 0 Å². The van der Waals surface area contributed by atoms with E-state index in [9.17, 15) is 0 Å². The van der Waals surface area contributed by atoms with Crippen molar-refractivity contribution >= 4 is 49.7 Å². The van der Waals surface area contributed by atoms with Gasteiger partial charge in [-0.05, 0) is 54.6 Å². The lowest BCUT2D eigenvalue weighted by molar-refractivity contribution is 0.415. The van der Waals surface area contributed by atoms with E-state index in [4.69, 9.17) is 15.2 Å². The molecule has 0 saturated carbocycles. The van der Waals surface area contributed by atoms with Crippen molar-refractivity contribution in [3.8, 4) is 17.2 Å². The summed E-state index contributed by atoms with van der Waals surface area (Å²) in [4.78, 5) is 13.1. The van der Waals surface area contributed by atoms with E-state index in [0.717, 1.165) is 33.2 Å². The lowest BCUT2D eigenvalue weighted by Crippen LogP contribution is -2.05. The number of benzene rings is 3. The molecule has 33 heavy (non-hydrogen) atoms. The predicted octanol–water partition coefficient (Wildman–Crippen LogP) is 5.96. The highest BCUT2D eigenvalue weighted by molar-refractivity contribution is 7.22. The minimum Gasteiger partial charge on any atom is -0.497 e. The molecule has 0 spiro atoms. The van der Waals surface area contributed by atoms with Gasteiger partial charge in [0, 0.05) is 5.69 Å². The number of rotatable bonds is 7. The number of hydrogen-bond donors (Lipinski definition) is 3. The quantitative estimate of drug-likeness (QED) is 0.275. The highest BCUT2D eigenvalue weighted by Crippen LogP contribution is 2.33. The van der Waals surface area contributed by atoms with E-state index in [1.807, 2.05) is 72.8 Å². The highest BCUT2D eigenvalue weighted by atomic mass is 32.1. The molecule has 0 saturated heterocycles. The van der Waals surface area contributed by atoms with Crippen LogP contribution in [0.15, 0.2) is 79.1 Å². The van der Waals surface area contributed by atoms with Gasteiger partial charge in [0.15, 0.2) is 16.8 Å². The summed E-state index contributed by atoms with van der Waals surface area (Å²) in [6.07, 6.45) is 1.45. The molecule has 5 aromatic rings. The van der Waals surface area contributed by atoms with E-state index in [2.05, 4.69) is 25.6 Å². The fourth-order valence-corrected chi connectivity index (χ4v) is 4.04. The monoisotopic (exact) mass is 456 g/mol. The molecule has 0 aliphatic carbocycles. The molecular formula is C24H20N6O2S. The first-order valence-electron chi connectivity index (χ1n) is 10.1. The van der Waals surface area contributed by atoms with Crippen LogP contribution in [0.25, 0.3) is 10.2 Å². The molecular weight excluding hydrogens is 436 g/mol. The van der Waals surface area contributed by atoms with Crippen LogP contribution >= 0.6 is 11.3 Å². The molecule has 3 aromatic carbocycles. The summed E-state index contributed by atoms with van der Waals surface area (Å²) in [5.74, 6) is 3.26. The van der Waals surface area contributed by atoms with Crippen molar-refractivity contribution in [3.05, 3.63) is 79.1 Å². The number of thiazole rings is 1. The molecule has 8 nitrogen and oxygen atoms in total. The first kappa shape index (κ1) is 20.5. The molecule has 2 aromatic heterocycles. The number of para-hydroxylation sites is 1. The zero-order chi connectivity index (χ0) is 22.6. The first-order valence-corrected chi connectivity index (χ1v) is 10.9. The molecule has 0 aliphatic heterocycles. The Balaban J connectivity index is 1.31. The van der Waals surface area contributed by atoms with Crippen LogP contribution in [0.4, 0.5) is 28.1 Å². The molecule has 0 radical (unpaired) electrons. The number of nitrogen functional groups attached to an aromatic ring is 1. The van der Waals surface area contributed by atoms with Gasteiger partial charge in [-0.2, -0.15) is 0 Å². The fourth-order valence-electron chi connectivity index (χ4n) is 3.15. The Kier molecular flexibility index (Phi) is 5.61. The van der Waals surface area contributed by atoms with Crippen LogP contribution in [-0.4, -0.2) is 22.1 Å². The predicted molar refractivity (Wildman–Crippen MR) is 132 cm³/mol. The summed E-state index contributed by atoms with van der Waals surface area (Å²) in [5, 5.41) is 7.10. The topological polar surface area (TPSA) is 107 Å². The maximum atomic E-state index is 6.33. The van der Waals surface area contributed by atoms with Crippen LogP contribution < -0.4 is 25.8 Å².